The van der Waals surface area contributed by atoms with Crippen molar-refractivity contribution in [1.82, 2.24) is 0 Å². The Labute approximate surface area is 131 Å². The zero-order valence-corrected chi connectivity index (χ0v) is 14.3. The van der Waals surface area contributed by atoms with Gasteiger partial charge >= 0.3 is 0 Å². The Balaban J connectivity index is 2.89. The highest BCUT2D eigenvalue weighted by molar-refractivity contribution is 6.17. The molecule has 0 heterocycles. The van der Waals surface area contributed by atoms with Gasteiger partial charge in [-0.1, -0.05) is 70.6 Å². The Hall–Kier alpha value is 0.210. The minimum atomic E-state index is 0.436. The third-order valence-electron chi connectivity index (χ3n) is 3.62. The predicted octanol–water partition coefficient (Wildman–Crippen LogP) is 5.92. The smallest absolute Gasteiger partial charge is 0.146 e. The molecular weight excluding hydrogens is 272 g/mol. The molecule has 0 spiro atoms. The Morgan fingerprint density at radius 3 is 1.40 bits per heavy atom. The van der Waals surface area contributed by atoms with Gasteiger partial charge in [0.15, 0.2) is 0 Å². The molecule has 0 atom stereocenters. The predicted molar refractivity (Wildman–Crippen MR) is 88.6 cm³/mol. The second kappa shape index (κ2) is 19.2. The summed E-state index contributed by atoms with van der Waals surface area (Å²) in [5.41, 5.74) is 0. The molecule has 0 fully saturated rings. The van der Waals surface area contributed by atoms with Gasteiger partial charge < -0.3 is 9.47 Å². The van der Waals surface area contributed by atoms with Gasteiger partial charge in [-0.15, -0.1) is 11.6 Å². The molecule has 0 saturated heterocycles. The molecule has 0 aromatic rings. The van der Waals surface area contributed by atoms with Crippen molar-refractivity contribution in [3.63, 3.8) is 0 Å². The average molecular weight is 307 g/mol. The van der Waals surface area contributed by atoms with Crippen LogP contribution in [0.4, 0.5) is 0 Å². The largest absolute Gasteiger partial charge is 0.359 e. The minimum absolute atomic E-state index is 0.436. The molecule has 0 saturated carbocycles. The molecule has 0 aromatic carbocycles. The van der Waals surface area contributed by atoms with E-state index in [0.717, 1.165) is 12.5 Å². The zero-order valence-electron chi connectivity index (χ0n) is 13.5. The number of alkyl halides is 1. The van der Waals surface area contributed by atoms with Gasteiger partial charge in [0.1, 0.15) is 6.79 Å². The monoisotopic (exact) mass is 306 g/mol. The van der Waals surface area contributed by atoms with E-state index in [9.17, 15) is 0 Å². The van der Waals surface area contributed by atoms with Gasteiger partial charge in [-0.2, -0.15) is 0 Å². The van der Waals surface area contributed by atoms with Crippen LogP contribution in [0.25, 0.3) is 0 Å². The lowest BCUT2D eigenvalue weighted by atomic mass is 10.0. The van der Waals surface area contributed by atoms with Crippen molar-refractivity contribution in [2.45, 2.75) is 83.5 Å². The van der Waals surface area contributed by atoms with Gasteiger partial charge in [0.05, 0.1) is 0 Å². The molecule has 0 N–H and O–H groups in total. The fraction of sp³-hybridized carbons (Fsp3) is 1.00. The maximum absolute atomic E-state index is 5.65. The van der Waals surface area contributed by atoms with Crippen molar-refractivity contribution < 1.29 is 9.47 Å². The normalized spacial score (nSPS) is 11.1. The van der Waals surface area contributed by atoms with Gasteiger partial charge in [0.2, 0.25) is 0 Å². The average Bonchev–Trinajstić information content (AvgIpc) is 2.47. The lowest BCUT2D eigenvalue weighted by molar-refractivity contribution is -0.0315. The van der Waals surface area contributed by atoms with E-state index in [4.69, 9.17) is 21.1 Å². The first-order chi connectivity index (χ1) is 9.91. The summed E-state index contributed by atoms with van der Waals surface area (Å²) in [5.74, 6) is 0.832. The van der Waals surface area contributed by atoms with Crippen molar-refractivity contribution in [2.24, 2.45) is 0 Å². The summed E-state index contributed by atoms with van der Waals surface area (Å²) in [5, 5.41) is 0. The van der Waals surface area contributed by atoms with Crippen molar-refractivity contribution >= 4 is 11.6 Å². The first-order valence-corrected chi connectivity index (χ1v) is 9.08. The Morgan fingerprint density at radius 2 is 1.00 bits per heavy atom. The molecule has 20 heavy (non-hydrogen) atoms. The lowest BCUT2D eigenvalue weighted by Crippen LogP contribution is -1.98. The minimum Gasteiger partial charge on any atom is -0.359 e. The Kier molecular flexibility index (Phi) is 19.4. The fourth-order valence-electron chi connectivity index (χ4n) is 2.39. The molecular formula is C17H35ClO2. The molecule has 0 aliphatic heterocycles. The molecule has 3 heteroatoms. The van der Waals surface area contributed by atoms with Crippen molar-refractivity contribution in [3.05, 3.63) is 0 Å². The van der Waals surface area contributed by atoms with E-state index < -0.39 is 0 Å². The third-order valence-corrected chi connectivity index (χ3v) is 3.89. The van der Waals surface area contributed by atoms with Crippen LogP contribution in [0, 0.1) is 0 Å². The van der Waals surface area contributed by atoms with Crippen LogP contribution in [0.5, 0.6) is 0 Å². The molecule has 0 unspecified atom stereocenters. The summed E-state index contributed by atoms with van der Waals surface area (Å²) in [4.78, 5) is 0. The molecule has 0 rings (SSSR count). The van der Waals surface area contributed by atoms with Crippen LogP contribution < -0.4 is 0 Å². The molecule has 2 nitrogen and oxygen atoms in total. The first kappa shape index (κ1) is 20.2. The highest BCUT2D eigenvalue weighted by Crippen LogP contribution is 2.12. The number of halogens is 1. The number of unbranched alkanes of at least 4 members (excludes halogenated alkanes) is 12. The van der Waals surface area contributed by atoms with E-state index in [-0.39, 0.29) is 0 Å². The second-order valence-corrected chi connectivity index (χ2v) is 5.98. The zero-order chi connectivity index (χ0) is 14.7. The number of ether oxygens (including phenoxy) is 2. The van der Waals surface area contributed by atoms with E-state index in [1.54, 1.807) is 7.11 Å². The van der Waals surface area contributed by atoms with E-state index in [2.05, 4.69) is 0 Å². The topological polar surface area (TPSA) is 18.5 Å². The summed E-state index contributed by atoms with van der Waals surface area (Å²) in [6, 6.07) is 0. The quantitative estimate of drug-likeness (QED) is 0.189. The van der Waals surface area contributed by atoms with Crippen LogP contribution in [0.2, 0.25) is 0 Å². The molecule has 0 amide bonds. The molecule has 0 radical (unpaired) electrons. The lowest BCUT2D eigenvalue weighted by Gasteiger charge is -2.04. The van der Waals surface area contributed by atoms with Gasteiger partial charge in [-0.3, -0.25) is 0 Å². The molecule has 0 aliphatic rings. The van der Waals surface area contributed by atoms with E-state index in [0.29, 0.717) is 6.79 Å². The van der Waals surface area contributed by atoms with Crippen LogP contribution in [-0.2, 0) is 9.47 Å². The van der Waals surface area contributed by atoms with Gasteiger partial charge in [-0.05, 0) is 12.8 Å². The highest BCUT2D eigenvalue weighted by atomic mass is 35.5. The number of methoxy groups -OCH3 is 1. The van der Waals surface area contributed by atoms with E-state index in [1.165, 1.54) is 83.5 Å². The summed E-state index contributed by atoms with van der Waals surface area (Å²) in [7, 11) is 1.67. The fourth-order valence-corrected chi connectivity index (χ4v) is 2.57. The summed E-state index contributed by atoms with van der Waals surface area (Å²) >= 11 is 5.65. The number of hydrogen-bond donors (Lipinski definition) is 0. The molecule has 0 aliphatic carbocycles. The number of rotatable bonds is 17. The first-order valence-electron chi connectivity index (χ1n) is 8.54. The number of hydrogen-bond acceptors (Lipinski definition) is 2. The van der Waals surface area contributed by atoms with Crippen molar-refractivity contribution in [2.75, 3.05) is 26.4 Å². The third kappa shape index (κ3) is 18.2. The van der Waals surface area contributed by atoms with Crippen LogP contribution >= 0.6 is 11.6 Å². The van der Waals surface area contributed by atoms with Gasteiger partial charge in [-0.25, -0.2) is 0 Å². The highest BCUT2D eigenvalue weighted by Gasteiger charge is 1.94. The van der Waals surface area contributed by atoms with E-state index >= 15 is 0 Å². The summed E-state index contributed by atoms with van der Waals surface area (Å²) in [6.45, 7) is 1.28. The Bertz CT molecular complexity index is 147. The van der Waals surface area contributed by atoms with Crippen molar-refractivity contribution in [1.29, 1.82) is 0 Å². The van der Waals surface area contributed by atoms with Crippen molar-refractivity contribution in [3.8, 4) is 0 Å². The SMILES string of the molecule is COCOCCCCCCCCCCCCCCCCl. The van der Waals surface area contributed by atoms with Crippen LogP contribution in [0.15, 0.2) is 0 Å². The maximum atomic E-state index is 5.65. The van der Waals surface area contributed by atoms with E-state index in [1.807, 2.05) is 0 Å². The molecule has 0 aromatic heterocycles. The second-order valence-electron chi connectivity index (χ2n) is 5.60. The Morgan fingerprint density at radius 1 is 0.600 bits per heavy atom. The van der Waals surface area contributed by atoms with Gasteiger partial charge in [0, 0.05) is 19.6 Å². The van der Waals surface area contributed by atoms with Crippen LogP contribution in [0.3, 0.4) is 0 Å². The standard InChI is InChI=1S/C17H35ClO2/c1-19-17-20-16-14-12-10-8-6-4-2-3-5-7-9-11-13-15-18/h2-17H2,1H3. The van der Waals surface area contributed by atoms with Crippen LogP contribution in [0.1, 0.15) is 83.5 Å². The molecule has 122 valence electrons. The van der Waals surface area contributed by atoms with Crippen LogP contribution in [-0.4, -0.2) is 26.4 Å². The summed E-state index contributed by atoms with van der Waals surface area (Å²) in [6.07, 6.45) is 17.6. The van der Waals surface area contributed by atoms with Gasteiger partial charge in [0.25, 0.3) is 0 Å². The summed E-state index contributed by atoms with van der Waals surface area (Å²) < 4.78 is 10.1. The maximum Gasteiger partial charge on any atom is 0.146 e. The molecule has 0 bridgehead atoms.